The smallest absolute Gasteiger partial charge is 0.230 e. The van der Waals surface area contributed by atoms with Crippen LogP contribution in [-0.2, 0) is 11.2 Å². The first-order valence-electron chi connectivity index (χ1n) is 6.59. The first kappa shape index (κ1) is 13.0. The zero-order valence-electron chi connectivity index (χ0n) is 11.1. The van der Waals surface area contributed by atoms with Crippen molar-refractivity contribution in [2.75, 3.05) is 30.4 Å². The van der Waals surface area contributed by atoms with Gasteiger partial charge in [0, 0.05) is 13.0 Å². The molecule has 2 rings (SSSR count). The van der Waals surface area contributed by atoms with E-state index in [9.17, 15) is 0 Å². The summed E-state index contributed by atoms with van der Waals surface area (Å²) in [4.78, 5) is 15.1. The van der Waals surface area contributed by atoms with Gasteiger partial charge in [-0.3, -0.25) is 0 Å². The van der Waals surface area contributed by atoms with E-state index in [1.54, 1.807) is 0 Å². The average Bonchev–Trinajstić information content (AvgIpc) is 2.38. The van der Waals surface area contributed by atoms with E-state index in [1.165, 1.54) is 0 Å². The Hall–Kier alpha value is -1.43. The number of aromatic nitrogens is 3. The van der Waals surface area contributed by atoms with Crippen molar-refractivity contribution in [1.82, 2.24) is 15.0 Å². The first-order chi connectivity index (χ1) is 8.74. The molecule has 1 unspecified atom stereocenters. The molecule has 0 amide bonds. The monoisotopic (exact) mass is 251 g/mol. The molecule has 0 spiro atoms. The number of nitrogens with zero attached hydrogens (tertiary/aromatic N) is 4. The molecule has 1 aliphatic heterocycles. The Morgan fingerprint density at radius 1 is 1.33 bits per heavy atom. The van der Waals surface area contributed by atoms with Crippen molar-refractivity contribution in [3.05, 3.63) is 5.82 Å². The molecule has 1 aliphatic rings. The molecule has 0 aliphatic carbocycles. The summed E-state index contributed by atoms with van der Waals surface area (Å²) < 4.78 is 5.49. The van der Waals surface area contributed by atoms with Crippen LogP contribution in [0.15, 0.2) is 0 Å². The van der Waals surface area contributed by atoms with E-state index in [1.807, 2.05) is 0 Å². The topological polar surface area (TPSA) is 77.2 Å². The fourth-order valence-electron chi connectivity index (χ4n) is 2.15. The lowest BCUT2D eigenvalue weighted by molar-refractivity contribution is 0.0920. The minimum absolute atomic E-state index is 0.310. The molecule has 1 saturated heterocycles. The maximum atomic E-state index is 5.76. The van der Waals surface area contributed by atoms with E-state index < -0.39 is 0 Å². The van der Waals surface area contributed by atoms with Crippen LogP contribution >= 0.6 is 0 Å². The van der Waals surface area contributed by atoms with Crippen LogP contribution in [-0.4, -0.2) is 40.8 Å². The van der Waals surface area contributed by atoms with Crippen molar-refractivity contribution >= 4 is 11.9 Å². The predicted octanol–water partition coefficient (Wildman–Crippen LogP) is 1.02. The number of ether oxygens (including phenoxy) is 1. The molecule has 0 saturated carbocycles. The number of hydrogen-bond acceptors (Lipinski definition) is 6. The summed E-state index contributed by atoms with van der Waals surface area (Å²) >= 11 is 0. The van der Waals surface area contributed by atoms with Gasteiger partial charge in [-0.05, 0) is 12.8 Å². The van der Waals surface area contributed by atoms with E-state index in [2.05, 4.69) is 33.7 Å². The first-order valence-corrected chi connectivity index (χ1v) is 6.59. The van der Waals surface area contributed by atoms with Crippen LogP contribution in [0.25, 0.3) is 0 Å². The molecule has 6 nitrogen and oxygen atoms in total. The van der Waals surface area contributed by atoms with Gasteiger partial charge in [0.2, 0.25) is 11.9 Å². The van der Waals surface area contributed by atoms with Crippen molar-refractivity contribution in [2.24, 2.45) is 0 Å². The van der Waals surface area contributed by atoms with E-state index in [-0.39, 0.29) is 0 Å². The minimum atomic E-state index is 0.310. The van der Waals surface area contributed by atoms with Crippen molar-refractivity contribution in [3.63, 3.8) is 0 Å². The average molecular weight is 251 g/mol. The second-order valence-electron chi connectivity index (χ2n) is 4.49. The van der Waals surface area contributed by atoms with E-state index in [4.69, 9.17) is 10.5 Å². The zero-order chi connectivity index (χ0) is 13.0. The zero-order valence-corrected chi connectivity index (χ0v) is 11.1. The molecule has 1 atom stereocenters. The van der Waals surface area contributed by atoms with Gasteiger partial charge in [-0.25, -0.2) is 0 Å². The number of rotatable bonds is 4. The maximum Gasteiger partial charge on any atom is 0.230 e. The third kappa shape index (κ3) is 2.87. The summed E-state index contributed by atoms with van der Waals surface area (Å²) in [5, 5.41) is 0. The predicted molar refractivity (Wildman–Crippen MR) is 70.5 cm³/mol. The highest BCUT2D eigenvalue weighted by molar-refractivity contribution is 5.36. The lowest BCUT2D eigenvalue weighted by Gasteiger charge is -2.35. The molecule has 0 bridgehead atoms. The van der Waals surface area contributed by atoms with Gasteiger partial charge in [0.05, 0.1) is 19.3 Å². The highest BCUT2D eigenvalue weighted by atomic mass is 16.5. The molecule has 6 heteroatoms. The van der Waals surface area contributed by atoms with Gasteiger partial charge in [-0.15, -0.1) is 0 Å². The van der Waals surface area contributed by atoms with Crippen molar-refractivity contribution < 1.29 is 4.74 Å². The van der Waals surface area contributed by atoms with Crippen molar-refractivity contribution in [1.29, 1.82) is 0 Å². The van der Waals surface area contributed by atoms with E-state index in [0.717, 1.165) is 38.2 Å². The van der Waals surface area contributed by atoms with E-state index in [0.29, 0.717) is 24.5 Å². The summed E-state index contributed by atoms with van der Waals surface area (Å²) in [6.07, 6.45) is 2.85. The molecule has 1 aromatic heterocycles. The molecule has 1 aromatic rings. The standard InChI is InChI=1S/C12H21N5O/c1-3-5-10-14-11(13)16-12(15-10)17-6-7-18-8-9(17)4-2/h9H,3-8H2,1-2H3,(H2,13,14,15,16). The summed E-state index contributed by atoms with van der Waals surface area (Å²) in [6.45, 7) is 6.50. The Kier molecular flexibility index (Phi) is 4.30. The van der Waals surface area contributed by atoms with Crippen LogP contribution in [0.3, 0.4) is 0 Å². The lowest BCUT2D eigenvalue weighted by Crippen LogP contribution is -2.46. The normalized spacial score (nSPS) is 20.1. The van der Waals surface area contributed by atoms with E-state index >= 15 is 0 Å². The Labute approximate surface area is 108 Å². The summed E-state index contributed by atoms with van der Waals surface area (Å²) in [7, 11) is 0. The van der Waals surface area contributed by atoms with Gasteiger partial charge in [0.15, 0.2) is 0 Å². The molecule has 0 aromatic carbocycles. The second-order valence-corrected chi connectivity index (χ2v) is 4.49. The summed E-state index contributed by atoms with van der Waals surface area (Å²) in [6, 6.07) is 0.329. The number of nitrogen functional groups attached to an aromatic ring is 1. The fourth-order valence-corrected chi connectivity index (χ4v) is 2.15. The third-order valence-corrected chi connectivity index (χ3v) is 3.12. The molecule has 2 heterocycles. The SMILES string of the molecule is CCCc1nc(N)nc(N2CCOCC2CC)n1. The summed E-state index contributed by atoms with van der Waals surface area (Å²) in [5.41, 5.74) is 5.76. The Morgan fingerprint density at radius 3 is 2.89 bits per heavy atom. The number of nitrogens with two attached hydrogens (primary N) is 1. The molecule has 100 valence electrons. The maximum absolute atomic E-state index is 5.76. The van der Waals surface area contributed by atoms with Crippen molar-refractivity contribution in [2.45, 2.75) is 39.2 Å². The highest BCUT2D eigenvalue weighted by Crippen LogP contribution is 2.18. The number of morpholine rings is 1. The number of anilines is 2. The summed E-state index contributed by atoms with van der Waals surface area (Å²) in [5.74, 6) is 1.78. The van der Waals surface area contributed by atoms with Gasteiger partial charge in [0.1, 0.15) is 5.82 Å². The lowest BCUT2D eigenvalue weighted by atomic mass is 10.2. The second kappa shape index (κ2) is 5.95. The molecule has 18 heavy (non-hydrogen) atoms. The Morgan fingerprint density at radius 2 is 2.17 bits per heavy atom. The van der Waals surface area contributed by atoms with Crippen LogP contribution in [0.1, 0.15) is 32.5 Å². The van der Waals surface area contributed by atoms with Gasteiger partial charge in [-0.2, -0.15) is 15.0 Å². The van der Waals surface area contributed by atoms with Gasteiger partial charge >= 0.3 is 0 Å². The van der Waals surface area contributed by atoms with Gasteiger partial charge < -0.3 is 15.4 Å². The van der Waals surface area contributed by atoms with Crippen LogP contribution < -0.4 is 10.6 Å². The molecule has 1 fully saturated rings. The van der Waals surface area contributed by atoms with Gasteiger partial charge in [0.25, 0.3) is 0 Å². The quantitative estimate of drug-likeness (QED) is 0.861. The van der Waals surface area contributed by atoms with Gasteiger partial charge in [-0.1, -0.05) is 13.8 Å². The number of aryl methyl sites for hydroxylation is 1. The third-order valence-electron chi connectivity index (χ3n) is 3.12. The van der Waals surface area contributed by atoms with Crippen molar-refractivity contribution in [3.8, 4) is 0 Å². The molecular formula is C12H21N5O. The van der Waals surface area contributed by atoms with Crippen LogP contribution in [0.2, 0.25) is 0 Å². The Balaban J connectivity index is 2.24. The Bertz CT molecular complexity index is 398. The van der Waals surface area contributed by atoms with Crippen LogP contribution in [0.5, 0.6) is 0 Å². The molecule has 0 radical (unpaired) electrons. The molecule has 2 N–H and O–H groups in total. The largest absolute Gasteiger partial charge is 0.377 e. The number of hydrogen-bond donors (Lipinski definition) is 1. The highest BCUT2D eigenvalue weighted by Gasteiger charge is 2.24. The minimum Gasteiger partial charge on any atom is -0.377 e. The van der Waals surface area contributed by atoms with Crippen LogP contribution in [0, 0.1) is 0 Å². The molecular weight excluding hydrogens is 230 g/mol. The van der Waals surface area contributed by atoms with Crippen LogP contribution in [0.4, 0.5) is 11.9 Å². The fraction of sp³-hybridized carbons (Fsp3) is 0.750.